The summed E-state index contributed by atoms with van der Waals surface area (Å²) in [6, 6.07) is 3.02. The van der Waals surface area contributed by atoms with Crippen molar-refractivity contribution in [2.45, 2.75) is 18.7 Å². The normalized spacial score (nSPS) is 11.6. The molecule has 0 spiro atoms. The maximum atomic E-state index is 13.3. The third-order valence-electron chi connectivity index (χ3n) is 2.49. The molecule has 1 rings (SSSR count). The number of hydrogen-bond acceptors (Lipinski definition) is 5. The van der Waals surface area contributed by atoms with Crippen LogP contribution in [0.4, 0.5) is 10.1 Å². The average molecular weight is 304 g/mol. The molecule has 0 atom stereocenters. The van der Waals surface area contributed by atoms with E-state index in [9.17, 15) is 17.6 Å². The Hall–Kier alpha value is -1.67. The van der Waals surface area contributed by atoms with Crippen molar-refractivity contribution in [3.05, 3.63) is 24.0 Å². The smallest absolute Gasteiger partial charge is 0.321 e. The van der Waals surface area contributed by atoms with E-state index >= 15 is 0 Å². The molecule has 0 radical (unpaired) electrons. The van der Waals surface area contributed by atoms with Gasteiger partial charge in [0.1, 0.15) is 12.4 Å². The van der Waals surface area contributed by atoms with Gasteiger partial charge in [0.25, 0.3) is 0 Å². The number of nitrogens with two attached hydrogens (primary N) is 1. The van der Waals surface area contributed by atoms with Crippen LogP contribution >= 0.6 is 0 Å². The van der Waals surface area contributed by atoms with Crippen LogP contribution in [0.2, 0.25) is 0 Å². The van der Waals surface area contributed by atoms with Crippen molar-refractivity contribution < 1.29 is 22.3 Å². The van der Waals surface area contributed by atoms with Gasteiger partial charge in [-0.05, 0) is 25.1 Å². The van der Waals surface area contributed by atoms with Gasteiger partial charge in [-0.15, -0.1) is 0 Å². The molecule has 0 aliphatic rings. The van der Waals surface area contributed by atoms with Crippen LogP contribution in [-0.2, 0) is 19.6 Å². The lowest BCUT2D eigenvalue weighted by molar-refractivity contribution is -0.143. The van der Waals surface area contributed by atoms with Gasteiger partial charge in [-0.25, -0.2) is 12.8 Å². The fraction of sp³-hybridized carbons (Fsp3) is 0.417. The number of ether oxygens (including phenoxy) is 1. The highest BCUT2D eigenvalue weighted by atomic mass is 32.2. The number of hydrogen-bond donors (Lipinski definition) is 1. The van der Waals surface area contributed by atoms with Crippen LogP contribution in [0.15, 0.2) is 23.1 Å². The number of esters is 1. The molecular weight excluding hydrogens is 287 g/mol. The standard InChI is InChI=1S/C12H17FN2O4S/c1-3-15(8-12(16)19-4-2)20(17,18)11-6-9(13)5-10(14)7-11/h5-7H,3-4,8,14H2,1-2H3. The molecule has 2 N–H and O–H groups in total. The van der Waals surface area contributed by atoms with E-state index in [0.717, 1.165) is 22.5 Å². The molecule has 0 saturated heterocycles. The predicted molar refractivity (Wildman–Crippen MR) is 71.9 cm³/mol. The van der Waals surface area contributed by atoms with Crippen LogP contribution in [0.5, 0.6) is 0 Å². The maximum Gasteiger partial charge on any atom is 0.321 e. The quantitative estimate of drug-likeness (QED) is 0.625. The zero-order valence-corrected chi connectivity index (χ0v) is 12.1. The lowest BCUT2D eigenvalue weighted by Crippen LogP contribution is -2.36. The topological polar surface area (TPSA) is 89.7 Å². The lowest BCUT2D eigenvalue weighted by Gasteiger charge is -2.19. The molecule has 1 aromatic carbocycles. The Bertz CT molecular complexity index is 569. The number of rotatable bonds is 6. The van der Waals surface area contributed by atoms with Crippen molar-refractivity contribution in [2.75, 3.05) is 25.4 Å². The Morgan fingerprint density at radius 1 is 1.35 bits per heavy atom. The number of nitrogen functional groups attached to an aromatic ring is 1. The first kappa shape index (κ1) is 16.4. The van der Waals surface area contributed by atoms with E-state index < -0.39 is 28.4 Å². The van der Waals surface area contributed by atoms with E-state index in [-0.39, 0.29) is 23.7 Å². The summed E-state index contributed by atoms with van der Waals surface area (Å²) in [5, 5.41) is 0. The summed E-state index contributed by atoms with van der Waals surface area (Å²) in [6.45, 7) is 2.97. The Morgan fingerprint density at radius 2 is 2.00 bits per heavy atom. The summed E-state index contributed by atoms with van der Waals surface area (Å²) < 4.78 is 43.5. The SMILES string of the molecule is CCOC(=O)CN(CC)S(=O)(=O)c1cc(N)cc(F)c1. The molecule has 0 aromatic heterocycles. The fourth-order valence-electron chi connectivity index (χ4n) is 1.60. The van der Waals surface area contributed by atoms with E-state index in [0.29, 0.717) is 0 Å². The minimum Gasteiger partial charge on any atom is -0.465 e. The third-order valence-corrected chi connectivity index (χ3v) is 4.39. The van der Waals surface area contributed by atoms with Gasteiger partial charge in [0.2, 0.25) is 10.0 Å². The van der Waals surface area contributed by atoms with Crippen LogP contribution in [0.3, 0.4) is 0 Å². The summed E-state index contributed by atoms with van der Waals surface area (Å²) in [4.78, 5) is 11.1. The lowest BCUT2D eigenvalue weighted by atomic mass is 10.3. The van der Waals surface area contributed by atoms with E-state index in [1.54, 1.807) is 13.8 Å². The highest BCUT2D eigenvalue weighted by molar-refractivity contribution is 7.89. The van der Waals surface area contributed by atoms with Gasteiger partial charge in [-0.3, -0.25) is 4.79 Å². The Labute approximate surface area is 117 Å². The summed E-state index contributed by atoms with van der Waals surface area (Å²) in [5.41, 5.74) is 5.43. The number of benzene rings is 1. The Kier molecular flexibility index (Phi) is 5.46. The maximum absolute atomic E-state index is 13.3. The molecule has 20 heavy (non-hydrogen) atoms. The Morgan fingerprint density at radius 3 is 2.50 bits per heavy atom. The van der Waals surface area contributed by atoms with E-state index in [1.807, 2.05) is 0 Å². The molecule has 0 aliphatic heterocycles. The van der Waals surface area contributed by atoms with Crippen molar-refractivity contribution in [1.82, 2.24) is 4.31 Å². The van der Waals surface area contributed by atoms with Crippen molar-refractivity contribution >= 4 is 21.7 Å². The fourth-order valence-corrected chi connectivity index (χ4v) is 3.06. The van der Waals surface area contributed by atoms with Gasteiger partial charge in [0, 0.05) is 12.2 Å². The van der Waals surface area contributed by atoms with Gasteiger partial charge in [0.05, 0.1) is 11.5 Å². The Balaban J connectivity index is 3.08. The van der Waals surface area contributed by atoms with E-state index in [2.05, 4.69) is 0 Å². The zero-order valence-electron chi connectivity index (χ0n) is 11.3. The summed E-state index contributed by atoms with van der Waals surface area (Å²) in [7, 11) is -4.00. The second-order valence-corrected chi connectivity index (χ2v) is 5.89. The molecule has 0 heterocycles. The summed E-state index contributed by atoms with van der Waals surface area (Å²) in [5.74, 6) is -1.42. The van der Waals surface area contributed by atoms with Gasteiger partial charge in [0.15, 0.2) is 0 Å². The van der Waals surface area contributed by atoms with Crippen LogP contribution < -0.4 is 5.73 Å². The van der Waals surface area contributed by atoms with Crippen LogP contribution in [0, 0.1) is 5.82 Å². The largest absolute Gasteiger partial charge is 0.465 e. The molecule has 0 aliphatic carbocycles. The van der Waals surface area contributed by atoms with E-state index in [1.165, 1.54) is 0 Å². The number of sulfonamides is 1. The average Bonchev–Trinajstić information content (AvgIpc) is 2.34. The number of carbonyl (C=O) groups excluding carboxylic acids is 1. The minimum absolute atomic E-state index is 0.00392. The zero-order chi connectivity index (χ0) is 15.3. The molecule has 6 nitrogen and oxygen atoms in total. The molecule has 0 bridgehead atoms. The molecule has 8 heteroatoms. The second kappa shape index (κ2) is 6.67. The number of nitrogens with zero attached hydrogens (tertiary/aromatic N) is 1. The number of anilines is 1. The molecule has 0 amide bonds. The predicted octanol–water partition coefficient (Wildman–Crippen LogP) is 0.982. The molecule has 0 fully saturated rings. The number of likely N-dealkylation sites (N-methyl/N-ethyl adjacent to an activating group) is 1. The molecule has 0 unspecified atom stereocenters. The van der Waals surface area contributed by atoms with Gasteiger partial charge in [-0.2, -0.15) is 4.31 Å². The van der Waals surface area contributed by atoms with Gasteiger partial charge < -0.3 is 10.5 Å². The number of carbonyl (C=O) groups is 1. The third kappa shape index (κ3) is 3.91. The minimum atomic E-state index is -4.00. The van der Waals surface area contributed by atoms with Crippen molar-refractivity contribution in [1.29, 1.82) is 0 Å². The first-order valence-electron chi connectivity index (χ1n) is 6.03. The second-order valence-electron chi connectivity index (χ2n) is 3.96. The van der Waals surface area contributed by atoms with Crippen molar-refractivity contribution in [2.24, 2.45) is 0 Å². The van der Waals surface area contributed by atoms with Gasteiger partial charge >= 0.3 is 5.97 Å². The van der Waals surface area contributed by atoms with Crippen LogP contribution in [-0.4, -0.2) is 38.4 Å². The van der Waals surface area contributed by atoms with Crippen molar-refractivity contribution in [3.63, 3.8) is 0 Å². The monoisotopic (exact) mass is 304 g/mol. The molecule has 112 valence electrons. The van der Waals surface area contributed by atoms with Crippen LogP contribution in [0.25, 0.3) is 0 Å². The molecule has 1 aromatic rings. The van der Waals surface area contributed by atoms with Gasteiger partial charge in [-0.1, -0.05) is 6.92 Å². The summed E-state index contributed by atoms with van der Waals surface area (Å²) in [6.07, 6.45) is 0. The van der Waals surface area contributed by atoms with E-state index in [4.69, 9.17) is 10.5 Å². The molecular formula is C12H17FN2O4S. The number of halogens is 1. The highest BCUT2D eigenvalue weighted by Crippen LogP contribution is 2.20. The molecule has 0 saturated carbocycles. The van der Waals surface area contributed by atoms with Crippen molar-refractivity contribution in [3.8, 4) is 0 Å². The first-order chi connectivity index (χ1) is 9.31. The summed E-state index contributed by atoms with van der Waals surface area (Å²) >= 11 is 0. The highest BCUT2D eigenvalue weighted by Gasteiger charge is 2.26. The first-order valence-corrected chi connectivity index (χ1v) is 7.47. The van der Waals surface area contributed by atoms with Crippen LogP contribution in [0.1, 0.15) is 13.8 Å².